The quantitative estimate of drug-likeness (QED) is 0.538. The molecule has 2 amide bonds. The molecule has 1 aliphatic heterocycles. The lowest BCUT2D eigenvalue weighted by molar-refractivity contribution is -0.384. The van der Waals surface area contributed by atoms with Crippen LogP contribution in [0.1, 0.15) is 30.1 Å². The van der Waals surface area contributed by atoms with Crippen molar-refractivity contribution < 1.29 is 23.6 Å². The third-order valence-corrected chi connectivity index (χ3v) is 4.94. The van der Waals surface area contributed by atoms with Crippen LogP contribution in [0.15, 0.2) is 42.5 Å². The molecule has 10 heteroatoms. The SMILES string of the molecule is CC1CCCN(c2ccc(C(=O)NNC(=O)COc3ccccc3F)cc2[N+](=O)[O-])C1. The highest BCUT2D eigenvalue weighted by Gasteiger charge is 2.25. The third kappa shape index (κ3) is 5.68. The second-order valence-corrected chi connectivity index (χ2v) is 7.38. The number of nitro groups is 1. The summed E-state index contributed by atoms with van der Waals surface area (Å²) in [4.78, 5) is 37.2. The lowest BCUT2D eigenvalue weighted by Crippen LogP contribution is -2.43. The summed E-state index contributed by atoms with van der Waals surface area (Å²) in [7, 11) is 0. The normalized spacial score (nSPS) is 15.8. The van der Waals surface area contributed by atoms with E-state index < -0.39 is 29.2 Å². The van der Waals surface area contributed by atoms with Crippen molar-refractivity contribution in [3.05, 3.63) is 64.0 Å². The number of nitrogens with zero attached hydrogens (tertiary/aromatic N) is 2. The first-order chi connectivity index (χ1) is 14.8. The van der Waals surface area contributed by atoms with E-state index in [9.17, 15) is 24.1 Å². The average molecular weight is 430 g/mol. The van der Waals surface area contributed by atoms with Crippen molar-refractivity contribution in [2.24, 2.45) is 5.92 Å². The minimum absolute atomic E-state index is 0.0239. The van der Waals surface area contributed by atoms with Crippen molar-refractivity contribution in [2.75, 3.05) is 24.6 Å². The highest BCUT2D eigenvalue weighted by molar-refractivity contribution is 5.96. The number of para-hydroxylation sites is 1. The van der Waals surface area contributed by atoms with E-state index in [4.69, 9.17) is 4.74 Å². The molecule has 1 fully saturated rings. The van der Waals surface area contributed by atoms with Gasteiger partial charge in [0.15, 0.2) is 18.2 Å². The minimum atomic E-state index is -0.721. The highest BCUT2D eigenvalue weighted by Crippen LogP contribution is 2.32. The van der Waals surface area contributed by atoms with Gasteiger partial charge in [-0.25, -0.2) is 4.39 Å². The molecule has 0 aliphatic carbocycles. The number of halogens is 1. The first-order valence-electron chi connectivity index (χ1n) is 9.85. The van der Waals surface area contributed by atoms with Crippen LogP contribution in [0.25, 0.3) is 0 Å². The zero-order valence-electron chi connectivity index (χ0n) is 17.0. The van der Waals surface area contributed by atoms with Gasteiger partial charge in [0, 0.05) is 24.7 Å². The number of hydrazine groups is 1. The van der Waals surface area contributed by atoms with Crippen molar-refractivity contribution in [1.82, 2.24) is 10.9 Å². The molecule has 0 radical (unpaired) electrons. The van der Waals surface area contributed by atoms with Crippen molar-refractivity contribution in [1.29, 1.82) is 0 Å². The van der Waals surface area contributed by atoms with E-state index in [1.807, 2.05) is 4.90 Å². The third-order valence-electron chi connectivity index (χ3n) is 4.94. The predicted octanol–water partition coefficient (Wildman–Crippen LogP) is 2.81. The van der Waals surface area contributed by atoms with Gasteiger partial charge < -0.3 is 9.64 Å². The molecule has 1 atom stereocenters. The number of amides is 2. The lowest BCUT2D eigenvalue weighted by atomic mass is 9.99. The molecular weight excluding hydrogens is 407 g/mol. The summed E-state index contributed by atoms with van der Waals surface area (Å²) in [5.41, 5.74) is 4.63. The first-order valence-corrected chi connectivity index (χ1v) is 9.85. The molecule has 31 heavy (non-hydrogen) atoms. The molecule has 1 unspecified atom stereocenters. The molecule has 2 aromatic rings. The Balaban J connectivity index is 1.60. The molecule has 1 heterocycles. The van der Waals surface area contributed by atoms with E-state index in [1.165, 1.54) is 30.3 Å². The molecule has 164 valence electrons. The summed E-state index contributed by atoms with van der Waals surface area (Å²) in [6.45, 7) is 3.01. The van der Waals surface area contributed by atoms with Crippen LogP contribution < -0.4 is 20.5 Å². The van der Waals surface area contributed by atoms with E-state index in [1.54, 1.807) is 12.1 Å². The fourth-order valence-electron chi connectivity index (χ4n) is 3.43. The number of carbonyl (C=O) groups is 2. The van der Waals surface area contributed by atoms with Crippen molar-refractivity contribution in [3.8, 4) is 5.75 Å². The fraction of sp³-hybridized carbons (Fsp3) is 0.333. The Morgan fingerprint density at radius 3 is 2.74 bits per heavy atom. The Labute approximate surface area is 178 Å². The maximum atomic E-state index is 13.5. The van der Waals surface area contributed by atoms with Crippen LogP contribution in [0.3, 0.4) is 0 Å². The molecule has 1 aliphatic rings. The first kappa shape index (κ1) is 22.0. The molecule has 2 aromatic carbocycles. The molecule has 0 bridgehead atoms. The molecule has 0 aromatic heterocycles. The minimum Gasteiger partial charge on any atom is -0.481 e. The van der Waals surface area contributed by atoms with E-state index in [-0.39, 0.29) is 17.0 Å². The molecule has 0 spiro atoms. The van der Waals surface area contributed by atoms with Gasteiger partial charge >= 0.3 is 0 Å². The van der Waals surface area contributed by atoms with Gasteiger partial charge in [0.05, 0.1) is 4.92 Å². The van der Waals surface area contributed by atoms with Crippen LogP contribution in [0.2, 0.25) is 0 Å². The van der Waals surface area contributed by atoms with Crippen LogP contribution in [0.5, 0.6) is 5.75 Å². The van der Waals surface area contributed by atoms with Crippen molar-refractivity contribution in [3.63, 3.8) is 0 Å². The molecule has 9 nitrogen and oxygen atoms in total. The summed E-state index contributed by atoms with van der Waals surface area (Å²) >= 11 is 0. The number of piperidine rings is 1. The molecule has 1 saturated heterocycles. The number of carbonyl (C=O) groups excluding carboxylic acids is 2. The highest BCUT2D eigenvalue weighted by atomic mass is 19.1. The van der Waals surface area contributed by atoms with Crippen LogP contribution >= 0.6 is 0 Å². The Bertz CT molecular complexity index is 984. The number of ether oxygens (including phenoxy) is 1. The number of benzene rings is 2. The maximum Gasteiger partial charge on any atom is 0.293 e. The van der Waals surface area contributed by atoms with Gasteiger partial charge in [0.2, 0.25) is 0 Å². The summed E-state index contributed by atoms with van der Waals surface area (Å²) in [5.74, 6) is -1.72. The van der Waals surface area contributed by atoms with E-state index in [0.29, 0.717) is 18.2 Å². The number of nitro benzene ring substituents is 1. The van der Waals surface area contributed by atoms with Gasteiger partial charge in [-0.2, -0.15) is 0 Å². The number of nitrogens with one attached hydrogen (secondary N) is 2. The van der Waals surface area contributed by atoms with E-state index in [0.717, 1.165) is 19.4 Å². The smallest absolute Gasteiger partial charge is 0.293 e. The summed E-state index contributed by atoms with van der Waals surface area (Å²) in [5, 5.41) is 11.6. The van der Waals surface area contributed by atoms with Crippen molar-refractivity contribution in [2.45, 2.75) is 19.8 Å². The second-order valence-electron chi connectivity index (χ2n) is 7.38. The maximum absolute atomic E-state index is 13.5. The number of rotatable bonds is 6. The zero-order chi connectivity index (χ0) is 22.4. The molecular formula is C21H23FN4O5. The monoisotopic (exact) mass is 430 g/mol. The molecule has 3 rings (SSSR count). The Kier molecular flexibility index (Phi) is 7.01. The van der Waals surface area contributed by atoms with Gasteiger partial charge in [0.25, 0.3) is 17.5 Å². The van der Waals surface area contributed by atoms with Gasteiger partial charge in [-0.15, -0.1) is 0 Å². The molecule has 2 N–H and O–H groups in total. The summed E-state index contributed by atoms with van der Waals surface area (Å²) in [6, 6.07) is 9.80. The molecule has 0 saturated carbocycles. The zero-order valence-corrected chi connectivity index (χ0v) is 17.0. The second kappa shape index (κ2) is 9.88. The largest absolute Gasteiger partial charge is 0.481 e. The van der Waals surface area contributed by atoms with Crippen LogP contribution in [0, 0.1) is 21.8 Å². The summed E-state index contributed by atoms with van der Waals surface area (Å²) < 4.78 is 18.5. The van der Waals surface area contributed by atoms with Gasteiger partial charge in [-0.1, -0.05) is 19.1 Å². The predicted molar refractivity (Wildman–Crippen MR) is 111 cm³/mol. The standard InChI is InChI=1S/C21H23FN4O5/c1-14-5-4-10-25(12-14)17-9-8-15(11-18(17)26(29)30)21(28)24-23-20(27)13-31-19-7-3-2-6-16(19)22/h2-3,6-9,11,14H,4-5,10,12-13H2,1H3,(H,23,27)(H,24,28). The van der Waals surface area contributed by atoms with Crippen LogP contribution in [-0.2, 0) is 4.79 Å². The Morgan fingerprint density at radius 1 is 1.26 bits per heavy atom. The number of anilines is 1. The van der Waals surface area contributed by atoms with Crippen molar-refractivity contribution >= 4 is 23.2 Å². The van der Waals surface area contributed by atoms with Gasteiger partial charge in [-0.05, 0) is 43.0 Å². The van der Waals surface area contributed by atoms with E-state index in [2.05, 4.69) is 17.8 Å². The Morgan fingerprint density at radius 2 is 2.03 bits per heavy atom. The van der Waals surface area contributed by atoms with Gasteiger partial charge in [0.1, 0.15) is 5.69 Å². The van der Waals surface area contributed by atoms with Gasteiger partial charge in [-0.3, -0.25) is 30.6 Å². The summed E-state index contributed by atoms with van der Waals surface area (Å²) in [6.07, 6.45) is 2.02. The topological polar surface area (TPSA) is 114 Å². The number of hydrogen-bond donors (Lipinski definition) is 2. The average Bonchev–Trinajstić information content (AvgIpc) is 2.76. The van der Waals surface area contributed by atoms with E-state index >= 15 is 0 Å². The fourth-order valence-corrected chi connectivity index (χ4v) is 3.43. The number of hydrogen-bond acceptors (Lipinski definition) is 6. The van der Waals surface area contributed by atoms with Crippen LogP contribution in [0.4, 0.5) is 15.8 Å². The Hall–Kier alpha value is -3.69. The lowest BCUT2D eigenvalue weighted by Gasteiger charge is -2.32. The van der Waals surface area contributed by atoms with Crippen LogP contribution in [-0.4, -0.2) is 36.4 Å².